The predicted octanol–water partition coefficient (Wildman–Crippen LogP) is 4.60. The molecule has 3 nitrogen and oxygen atoms in total. The number of fused-ring (bicyclic) bond motifs is 1. The van der Waals surface area contributed by atoms with E-state index in [4.69, 9.17) is 16.3 Å². The van der Waals surface area contributed by atoms with E-state index in [2.05, 4.69) is 17.6 Å². The Morgan fingerprint density at radius 3 is 2.76 bits per heavy atom. The fraction of sp³-hybridized carbons (Fsp3) is 0.176. The molecule has 1 aromatic heterocycles. The molecular weight excluding hydrogens is 286 g/mol. The number of aryl methyl sites for hydroxylation is 1. The van der Waals surface area contributed by atoms with Crippen molar-refractivity contribution >= 4 is 22.5 Å². The van der Waals surface area contributed by atoms with Crippen LogP contribution in [0.25, 0.3) is 10.9 Å². The fourth-order valence-corrected chi connectivity index (χ4v) is 2.69. The lowest BCUT2D eigenvalue weighted by atomic mass is 10.2. The summed E-state index contributed by atoms with van der Waals surface area (Å²) in [5, 5.41) is 11.4. The third kappa shape index (κ3) is 2.83. The number of halogens is 1. The van der Waals surface area contributed by atoms with Gasteiger partial charge in [0.25, 0.3) is 0 Å². The molecule has 21 heavy (non-hydrogen) atoms. The van der Waals surface area contributed by atoms with Crippen LogP contribution in [-0.2, 0) is 13.2 Å². The summed E-state index contributed by atoms with van der Waals surface area (Å²) in [6, 6.07) is 14.8. The maximum absolute atomic E-state index is 9.64. The SMILES string of the molecule is CCn1c(COc2cccc(Cl)c2)cc2ccc(O)cc21. The van der Waals surface area contributed by atoms with Crippen LogP contribution in [0.5, 0.6) is 11.5 Å². The standard InChI is InChI=1S/C17H16ClNO2/c1-2-19-14(8-12-6-7-15(20)10-17(12)19)11-21-16-5-3-4-13(18)9-16/h3-10,20H,2,11H2,1H3. The lowest BCUT2D eigenvalue weighted by Gasteiger charge is -2.10. The van der Waals surface area contributed by atoms with E-state index in [0.29, 0.717) is 11.6 Å². The van der Waals surface area contributed by atoms with Gasteiger partial charge in [-0.25, -0.2) is 0 Å². The maximum Gasteiger partial charge on any atom is 0.128 e. The molecule has 0 radical (unpaired) electrons. The summed E-state index contributed by atoms with van der Waals surface area (Å²) < 4.78 is 7.95. The Bertz CT molecular complexity index is 780. The summed E-state index contributed by atoms with van der Waals surface area (Å²) in [5.41, 5.74) is 2.08. The molecule has 0 atom stereocenters. The number of phenols is 1. The van der Waals surface area contributed by atoms with Gasteiger partial charge < -0.3 is 14.4 Å². The minimum Gasteiger partial charge on any atom is -0.508 e. The second kappa shape index (κ2) is 5.70. The molecule has 2 aromatic carbocycles. The van der Waals surface area contributed by atoms with Gasteiger partial charge in [-0.3, -0.25) is 0 Å². The van der Waals surface area contributed by atoms with Crippen LogP contribution >= 0.6 is 11.6 Å². The van der Waals surface area contributed by atoms with Gasteiger partial charge in [0.05, 0.1) is 11.2 Å². The largest absolute Gasteiger partial charge is 0.508 e. The molecule has 1 heterocycles. The van der Waals surface area contributed by atoms with Crippen LogP contribution in [0.2, 0.25) is 5.02 Å². The molecule has 3 rings (SSSR count). The molecule has 1 N–H and O–H groups in total. The quantitative estimate of drug-likeness (QED) is 0.764. The molecule has 0 saturated heterocycles. The number of benzene rings is 2. The molecule has 0 fully saturated rings. The van der Waals surface area contributed by atoms with Gasteiger partial charge in [0.1, 0.15) is 18.1 Å². The van der Waals surface area contributed by atoms with E-state index < -0.39 is 0 Å². The van der Waals surface area contributed by atoms with Crippen molar-refractivity contribution in [3.05, 3.63) is 59.2 Å². The number of rotatable bonds is 4. The summed E-state index contributed by atoms with van der Waals surface area (Å²) in [7, 11) is 0. The van der Waals surface area contributed by atoms with Crippen LogP contribution < -0.4 is 4.74 Å². The van der Waals surface area contributed by atoms with E-state index in [1.165, 1.54) is 0 Å². The first-order chi connectivity index (χ1) is 10.2. The highest BCUT2D eigenvalue weighted by molar-refractivity contribution is 6.30. The molecule has 0 unspecified atom stereocenters. The summed E-state index contributed by atoms with van der Waals surface area (Å²) in [6.07, 6.45) is 0. The van der Waals surface area contributed by atoms with Crippen LogP contribution in [0, 0.1) is 0 Å². The molecule has 0 spiro atoms. The minimum absolute atomic E-state index is 0.276. The highest BCUT2D eigenvalue weighted by Crippen LogP contribution is 2.25. The Hall–Kier alpha value is -2.13. The van der Waals surface area contributed by atoms with E-state index in [1.807, 2.05) is 24.3 Å². The van der Waals surface area contributed by atoms with Gasteiger partial charge in [0.15, 0.2) is 0 Å². The zero-order chi connectivity index (χ0) is 14.8. The molecule has 0 amide bonds. The molecule has 0 aliphatic carbocycles. The summed E-state index contributed by atoms with van der Waals surface area (Å²) in [4.78, 5) is 0. The number of hydrogen-bond donors (Lipinski definition) is 1. The molecule has 0 aliphatic rings. The summed E-state index contributed by atoms with van der Waals surface area (Å²) >= 11 is 5.95. The molecule has 3 aromatic rings. The molecule has 4 heteroatoms. The number of ether oxygens (including phenoxy) is 1. The maximum atomic E-state index is 9.64. The number of phenolic OH excluding ortho intramolecular Hbond substituents is 1. The highest BCUT2D eigenvalue weighted by atomic mass is 35.5. The molecule has 0 aliphatic heterocycles. The van der Waals surface area contributed by atoms with Crippen molar-refractivity contribution in [3.63, 3.8) is 0 Å². The smallest absolute Gasteiger partial charge is 0.128 e. The van der Waals surface area contributed by atoms with Gasteiger partial charge in [-0.2, -0.15) is 0 Å². The number of aromatic nitrogens is 1. The average molecular weight is 302 g/mol. The predicted molar refractivity (Wildman–Crippen MR) is 85.1 cm³/mol. The van der Waals surface area contributed by atoms with Gasteiger partial charge >= 0.3 is 0 Å². The van der Waals surface area contributed by atoms with E-state index in [1.54, 1.807) is 18.2 Å². The van der Waals surface area contributed by atoms with Gasteiger partial charge in [-0.15, -0.1) is 0 Å². The molecule has 108 valence electrons. The Balaban J connectivity index is 1.90. The zero-order valence-electron chi connectivity index (χ0n) is 11.7. The normalized spacial score (nSPS) is 11.0. The van der Waals surface area contributed by atoms with E-state index in [-0.39, 0.29) is 5.75 Å². The Kier molecular flexibility index (Phi) is 3.76. The van der Waals surface area contributed by atoms with Crippen LogP contribution in [0.1, 0.15) is 12.6 Å². The topological polar surface area (TPSA) is 34.4 Å². The van der Waals surface area contributed by atoms with Gasteiger partial charge in [-0.1, -0.05) is 17.7 Å². The van der Waals surface area contributed by atoms with Crippen molar-refractivity contribution in [2.45, 2.75) is 20.1 Å². The molecule has 0 saturated carbocycles. The lowest BCUT2D eigenvalue weighted by Crippen LogP contribution is -2.04. The Morgan fingerprint density at radius 1 is 1.14 bits per heavy atom. The Labute approximate surface area is 128 Å². The third-order valence-electron chi connectivity index (χ3n) is 3.47. The van der Waals surface area contributed by atoms with E-state index >= 15 is 0 Å². The van der Waals surface area contributed by atoms with Crippen molar-refractivity contribution < 1.29 is 9.84 Å². The van der Waals surface area contributed by atoms with Gasteiger partial charge in [0, 0.05) is 23.0 Å². The van der Waals surface area contributed by atoms with Crippen molar-refractivity contribution in [1.82, 2.24) is 4.57 Å². The fourth-order valence-electron chi connectivity index (χ4n) is 2.51. The summed E-state index contributed by atoms with van der Waals surface area (Å²) in [6.45, 7) is 3.36. The van der Waals surface area contributed by atoms with Gasteiger partial charge in [-0.05, 0) is 43.3 Å². The van der Waals surface area contributed by atoms with Crippen molar-refractivity contribution in [1.29, 1.82) is 0 Å². The highest BCUT2D eigenvalue weighted by Gasteiger charge is 2.09. The van der Waals surface area contributed by atoms with Gasteiger partial charge in [0.2, 0.25) is 0 Å². The minimum atomic E-state index is 0.276. The second-order valence-electron chi connectivity index (χ2n) is 4.87. The second-order valence-corrected chi connectivity index (χ2v) is 5.31. The number of nitrogens with zero attached hydrogens (tertiary/aromatic N) is 1. The molecular formula is C17H16ClNO2. The Morgan fingerprint density at radius 2 is 2.00 bits per heavy atom. The summed E-state index contributed by atoms with van der Waals surface area (Å²) in [5.74, 6) is 1.02. The zero-order valence-corrected chi connectivity index (χ0v) is 12.5. The number of aromatic hydroxyl groups is 1. The first-order valence-electron chi connectivity index (χ1n) is 6.87. The molecule has 0 bridgehead atoms. The average Bonchev–Trinajstić information content (AvgIpc) is 2.82. The first-order valence-corrected chi connectivity index (χ1v) is 7.24. The van der Waals surface area contributed by atoms with E-state index in [0.717, 1.165) is 28.9 Å². The van der Waals surface area contributed by atoms with Crippen molar-refractivity contribution in [2.24, 2.45) is 0 Å². The van der Waals surface area contributed by atoms with Crippen LogP contribution in [0.15, 0.2) is 48.5 Å². The van der Waals surface area contributed by atoms with Crippen LogP contribution in [0.4, 0.5) is 0 Å². The first kappa shape index (κ1) is 13.8. The van der Waals surface area contributed by atoms with Crippen molar-refractivity contribution in [2.75, 3.05) is 0 Å². The van der Waals surface area contributed by atoms with Crippen LogP contribution in [-0.4, -0.2) is 9.67 Å². The van der Waals surface area contributed by atoms with Crippen LogP contribution in [0.3, 0.4) is 0 Å². The number of hydrogen-bond acceptors (Lipinski definition) is 2. The monoisotopic (exact) mass is 301 g/mol. The van der Waals surface area contributed by atoms with E-state index in [9.17, 15) is 5.11 Å². The van der Waals surface area contributed by atoms with Crippen molar-refractivity contribution in [3.8, 4) is 11.5 Å². The lowest BCUT2D eigenvalue weighted by molar-refractivity contribution is 0.296. The third-order valence-corrected chi connectivity index (χ3v) is 3.71.